The maximum absolute atomic E-state index is 3.61. The molecule has 1 aliphatic carbocycles. The minimum absolute atomic E-state index is 0.826. The van der Waals surface area contributed by atoms with E-state index >= 15 is 0 Å². The maximum Gasteiger partial charge on any atom is 0.00948 e. The van der Waals surface area contributed by atoms with Gasteiger partial charge in [-0.25, -0.2) is 0 Å². The molecule has 1 saturated carbocycles. The fourth-order valence-corrected chi connectivity index (χ4v) is 3.31. The fraction of sp³-hybridized carbons (Fsp3) is 1.00. The van der Waals surface area contributed by atoms with Crippen molar-refractivity contribution in [1.82, 2.24) is 4.90 Å². The van der Waals surface area contributed by atoms with Crippen LogP contribution < -0.4 is 0 Å². The predicted molar refractivity (Wildman–Crippen MR) is 71.6 cm³/mol. The van der Waals surface area contributed by atoms with Crippen LogP contribution in [0, 0.1) is 11.8 Å². The molecule has 3 unspecified atom stereocenters. The lowest BCUT2D eigenvalue weighted by atomic mass is 9.86. The molecule has 0 spiro atoms. The van der Waals surface area contributed by atoms with Crippen molar-refractivity contribution in [2.45, 2.75) is 52.0 Å². The third kappa shape index (κ3) is 4.44. The number of alkyl halides is 1. The van der Waals surface area contributed by atoms with E-state index in [9.17, 15) is 0 Å². The van der Waals surface area contributed by atoms with Crippen LogP contribution in [0.5, 0.6) is 0 Å². The summed E-state index contributed by atoms with van der Waals surface area (Å²) in [5.74, 6) is 1.77. The lowest BCUT2D eigenvalue weighted by Crippen LogP contribution is -2.38. The molecule has 0 N–H and O–H groups in total. The topological polar surface area (TPSA) is 3.24 Å². The van der Waals surface area contributed by atoms with E-state index in [2.05, 4.69) is 41.7 Å². The molecule has 2 heteroatoms. The number of hydrogen-bond donors (Lipinski definition) is 0. The first-order chi connectivity index (χ1) is 7.17. The minimum atomic E-state index is 0.826. The van der Waals surface area contributed by atoms with E-state index < -0.39 is 0 Å². The van der Waals surface area contributed by atoms with Gasteiger partial charge in [0.05, 0.1) is 0 Å². The summed E-state index contributed by atoms with van der Waals surface area (Å²) in [5, 5.41) is 1.15. The second kappa shape index (κ2) is 6.90. The zero-order valence-electron chi connectivity index (χ0n) is 10.5. The van der Waals surface area contributed by atoms with Crippen LogP contribution in [0.15, 0.2) is 0 Å². The van der Waals surface area contributed by atoms with E-state index in [4.69, 9.17) is 0 Å². The molecule has 0 aliphatic heterocycles. The standard InChI is InChI=1S/C13H26BrN/c1-4-12(9-14)10-15(3)13-7-5-6-11(2)8-13/h11-13H,4-10H2,1-3H3. The van der Waals surface area contributed by atoms with Crippen LogP contribution in [-0.2, 0) is 0 Å². The summed E-state index contributed by atoms with van der Waals surface area (Å²) in [7, 11) is 2.31. The van der Waals surface area contributed by atoms with Gasteiger partial charge in [-0.3, -0.25) is 0 Å². The largest absolute Gasteiger partial charge is 0.303 e. The van der Waals surface area contributed by atoms with Gasteiger partial charge in [0.25, 0.3) is 0 Å². The number of halogens is 1. The maximum atomic E-state index is 3.61. The van der Waals surface area contributed by atoms with E-state index in [-0.39, 0.29) is 0 Å². The van der Waals surface area contributed by atoms with Crippen LogP contribution in [0.2, 0.25) is 0 Å². The average molecular weight is 276 g/mol. The molecule has 0 heterocycles. The SMILES string of the molecule is CCC(CBr)CN(C)C1CCCC(C)C1. The molecule has 0 aromatic heterocycles. The molecule has 1 nitrogen and oxygen atoms in total. The van der Waals surface area contributed by atoms with Gasteiger partial charge in [0.15, 0.2) is 0 Å². The van der Waals surface area contributed by atoms with Crippen LogP contribution in [0.3, 0.4) is 0 Å². The van der Waals surface area contributed by atoms with Crippen LogP contribution in [-0.4, -0.2) is 29.9 Å². The molecule has 15 heavy (non-hydrogen) atoms. The number of nitrogens with zero attached hydrogens (tertiary/aromatic N) is 1. The lowest BCUT2D eigenvalue weighted by molar-refractivity contribution is 0.147. The summed E-state index contributed by atoms with van der Waals surface area (Å²) in [4.78, 5) is 2.60. The Hall–Kier alpha value is 0.440. The Balaban J connectivity index is 2.34. The Morgan fingerprint density at radius 3 is 2.67 bits per heavy atom. The van der Waals surface area contributed by atoms with E-state index in [1.54, 1.807) is 0 Å². The summed E-state index contributed by atoms with van der Waals surface area (Å²) in [6.45, 7) is 5.96. The van der Waals surface area contributed by atoms with Gasteiger partial charge in [-0.15, -0.1) is 0 Å². The van der Waals surface area contributed by atoms with Gasteiger partial charge < -0.3 is 4.90 Å². The molecule has 0 saturated heterocycles. The van der Waals surface area contributed by atoms with Gasteiger partial charge in [-0.2, -0.15) is 0 Å². The molecule has 90 valence electrons. The fourth-order valence-electron chi connectivity index (χ4n) is 2.65. The first-order valence-corrected chi connectivity index (χ1v) is 7.55. The molecular formula is C13H26BrN. The molecule has 0 amide bonds. The number of rotatable bonds is 5. The third-order valence-corrected chi connectivity index (χ3v) is 4.79. The van der Waals surface area contributed by atoms with Crippen molar-refractivity contribution in [2.75, 3.05) is 18.9 Å². The molecule has 3 atom stereocenters. The minimum Gasteiger partial charge on any atom is -0.303 e. The Labute approximate surface area is 104 Å². The summed E-state index contributed by atoms with van der Waals surface area (Å²) in [6, 6.07) is 0.849. The number of hydrogen-bond acceptors (Lipinski definition) is 1. The second-order valence-electron chi connectivity index (χ2n) is 5.29. The first-order valence-electron chi connectivity index (χ1n) is 6.43. The Bertz CT molecular complexity index is 168. The molecular weight excluding hydrogens is 250 g/mol. The third-order valence-electron chi connectivity index (χ3n) is 3.87. The van der Waals surface area contributed by atoms with Gasteiger partial charge in [0.2, 0.25) is 0 Å². The summed E-state index contributed by atoms with van der Waals surface area (Å²) < 4.78 is 0. The molecule has 1 fully saturated rings. The smallest absolute Gasteiger partial charge is 0.00948 e. The molecule has 1 rings (SSSR count). The van der Waals surface area contributed by atoms with Gasteiger partial charge in [-0.1, -0.05) is 49.0 Å². The van der Waals surface area contributed by atoms with Gasteiger partial charge in [0.1, 0.15) is 0 Å². The van der Waals surface area contributed by atoms with Crippen molar-refractivity contribution in [3.05, 3.63) is 0 Å². The summed E-state index contributed by atoms with van der Waals surface area (Å²) in [6.07, 6.45) is 6.99. The van der Waals surface area contributed by atoms with Crippen molar-refractivity contribution in [3.63, 3.8) is 0 Å². The Morgan fingerprint density at radius 2 is 2.13 bits per heavy atom. The van der Waals surface area contributed by atoms with Crippen molar-refractivity contribution in [3.8, 4) is 0 Å². The molecule has 1 aliphatic rings. The van der Waals surface area contributed by atoms with E-state index in [0.717, 1.165) is 23.2 Å². The zero-order chi connectivity index (χ0) is 11.3. The van der Waals surface area contributed by atoms with Gasteiger partial charge >= 0.3 is 0 Å². The quantitative estimate of drug-likeness (QED) is 0.688. The van der Waals surface area contributed by atoms with Crippen LogP contribution in [0.4, 0.5) is 0 Å². The van der Waals surface area contributed by atoms with Gasteiger partial charge in [-0.05, 0) is 31.7 Å². The monoisotopic (exact) mass is 275 g/mol. The average Bonchev–Trinajstić information content (AvgIpc) is 2.25. The predicted octanol–water partition coefficient (Wildman–Crippen LogP) is 3.92. The van der Waals surface area contributed by atoms with E-state index in [0.29, 0.717) is 0 Å². The Morgan fingerprint density at radius 1 is 1.40 bits per heavy atom. The normalized spacial score (nSPS) is 29.4. The van der Waals surface area contributed by atoms with Crippen molar-refractivity contribution in [1.29, 1.82) is 0 Å². The van der Waals surface area contributed by atoms with Crippen LogP contribution in [0.1, 0.15) is 46.0 Å². The van der Waals surface area contributed by atoms with Crippen molar-refractivity contribution >= 4 is 15.9 Å². The highest BCUT2D eigenvalue weighted by atomic mass is 79.9. The van der Waals surface area contributed by atoms with Crippen molar-refractivity contribution < 1.29 is 0 Å². The molecule has 0 radical (unpaired) electrons. The molecule has 0 aromatic carbocycles. The highest BCUT2D eigenvalue weighted by Crippen LogP contribution is 2.27. The van der Waals surface area contributed by atoms with Crippen molar-refractivity contribution in [2.24, 2.45) is 11.8 Å². The summed E-state index contributed by atoms with van der Waals surface area (Å²) in [5.41, 5.74) is 0. The van der Waals surface area contributed by atoms with Gasteiger partial charge in [0, 0.05) is 17.9 Å². The first kappa shape index (κ1) is 13.5. The lowest BCUT2D eigenvalue weighted by Gasteiger charge is -2.35. The summed E-state index contributed by atoms with van der Waals surface area (Å²) >= 11 is 3.61. The zero-order valence-corrected chi connectivity index (χ0v) is 12.1. The highest BCUT2D eigenvalue weighted by Gasteiger charge is 2.23. The van der Waals surface area contributed by atoms with Crippen LogP contribution in [0.25, 0.3) is 0 Å². The van der Waals surface area contributed by atoms with E-state index in [1.165, 1.54) is 38.6 Å². The second-order valence-corrected chi connectivity index (χ2v) is 5.94. The van der Waals surface area contributed by atoms with E-state index in [1.807, 2.05) is 0 Å². The molecule has 0 aromatic rings. The highest BCUT2D eigenvalue weighted by molar-refractivity contribution is 9.09. The molecule has 0 bridgehead atoms. The van der Waals surface area contributed by atoms with Crippen LogP contribution >= 0.6 is 15.9 Å². The Kier molecular flexibility index (Phi) is 6.21.